The second kappa shape index (κ2) is 11.3. The first-order chi connectivity index (χ1) is 16.4. The normalized spacial score (nSPS) is 15.8. The number of fused-ring (bicyclic) bond motifs is 1. The Hall–Kier alpha value is -2.50. The number of nitrogens with zero attached hydrogens (tertiary/aromatic N) is 5. The Balaban J connectivity index is 1.42. The Bertz CT molecular complexity index is 1100. The lowest BCUT2D eigenvalue weighted by Gasteiger charge is -2.36. The zero-order valence-corrected chi connectivity index (χ0v) is 21.7. The van der Waals surface area contributed by atoms with Crippen LogP contribution in [0.25, 0.3) is 17.2 Å². The molecule has 5 heteroatoms. The minimum Gasteiger partial charge on any atom is -0.308 e. The van der Waals surface area contributed by atoms with Gasteiger partial charge in [0.05, 0.1) is 6.54 Å². The molecule has 0 aliphatic carbocycles. The summed E-state index contributed by atoms with van der Waals surface area (Å²) in [5.74, 6) is 1.15. The van der Waals surface area contributed by atoms with Crippen LogP contribution in [-0.4, -0.2) is 63.1 Å². The minimum absolute atomic E-state index is 0.656. The van der Waals surface area contributed by atoms with Crippen LogP contribution in [0.1, 0.15) is 61.8 Å². The van der Waals surface area contributed by atoms with Gasteiger partial charge in [-0.3, -0.25) is 9.80 Å². The summed E-state index contributed by atoms with van der Waals surface area (Å²) < 4.78 is 2.33. The number of pyridine rings is 1. The highest BCUT2D eigenvalue weighted by Gasteiger charge is 2.17. The fourth-order valence-electron chi connectivity index (χ4n) is 4.86. The molecular formula is C29H41N5. The van der Waals surface area contributed by atoms with E-state index >= 15 is 0 Å². The summed E-state index contributed by atoms with van der Waals surface area (Å²) in [6.45, 7) is 17.5. The Morgan fingerprint density at radius 1 is 1.00 bits per heavy atom. The van der Waals surface area contributed by atoms with E-state index in [1.165, 1.54) is 36.2 Å². The van der Waals surface area contributed by atoms with E-state index in [-0.39, 0.29) is 0 Å². The van der Waals surface area contributed by atoms with Crippen molar-refractivity contribution in [1.29, 1.82) is 0 Å². The molecule has 0 radical (unpaired) electrons. The number of hydrogen-bond acceptors (Lipinski definition) is 4. The van der Waals surface area contributed by atoms with Crippen LogP contribution in [0, 0.1) is 13.8 Å². The van der Waals surface area contributed by atoms with E-state index in [2.05, 4.69) is 91.5 Å². The molecule has 4 rings (SSSR count). The summed E-state index contributed by atoms with van der Waals surface area (Å²) in [5, 5.41) is 0. The van der Waals surface area contributed by atoms with Gasteiger partial charge in [-0.05, 0) is 56.9 Å². The van der Waals surface area contributed by atoms with Crippen LogP contribution in [0.3, 0.4) is 0 Å². The highest BCUT2D eigenvalue weighted by atomic mass is 15.3. The van der Waals surface area contributed by atoms with Gasteiger partial charge in [0, 0.05) is 50.9 Å². The van der Waals surface area contributed by atoms with Crippen LogP contribution >= 0.6 is 0 Å². The Labute approximate surface area is 205 Å². The number of imidazole rings is 1. The van der Waals surface area contributed by atoms with Crippen LogP contribution in [0.2, 0.25) is 0 Å². The average Bonchev–Trinajstić information content (AvgIpc) is 3.16. The van der Waals surface area contributed by atoms with Crippen molar-refractivity contribution in [3.8, 4) is 0 Å². The summed E-state index contributed by atoms with van der Waals surface area (Å²) in [5.41, 5.74) is 6.89. The van der Waals surface area contributed by atoms with E-state index in [0.29, 0.717) is 6.04 Å². The van der Waals surface area contributed by atoms with E-state index in [1.54, 1.807) is 0 Å². The van der Waals surface area contributed by atoms with E-state index in [1.807, 2.05) is 0 Å². The highest BCUT2D eigenvalue weighted by molar-refractivity contribution is 5.76. The first kappa shape index (κ1) is 24.6. The van der Waals surface area contributed by atoms with Gasteiger partial charge in [-0.1, -0.05) is 49.8 Å². The molecule has 0 atom stereocenters. The SMILES string of the molecule is CCCCc1nc2c(C)cc(C)nc2n1Cc1ccc(/C=C/CN2CCN(C(C)C)CC2)cc1. The maximum Gasteiger partial charge on any atom is 0.160 e. The molecule has 1 aromatic carbocycles. The third kappa shape index (κ3) is 5.94. The van der Waals surface area contributed by atoms with Gasteiger partial charge in [-0.2, -0.15) is 0 Å². The molecule has 3 aromatic rings. The molecule has 182 valence electrons. The van der Waals surface area contributed by atoms with Crippen molar-refractivity contribution in [2.75, 3.05) is 32.7 Å². The first-order valence-corrected chi connectivity index (χ1v) is 13.0. The van der Waals surface area contributed by atoms with Gasteiger partial charge in [-0.25, -0.2) is 9.97 Å². The van der Waals surface area contributed by atoms with Crippen molar-refractivity contribution in [1.82, 2.24) is 24.3 Å². The second-order valence-electron chi connectivity index (χ2n) is 10.0. The van der Waals surface area contributed by atoms with Crippen molar-refractivity contribution in [2.24, 2.45) is 0 Å². The number of aromatic nitrogens is 3. The van der Waals surface area contributed by atoms with Crippen molar-refractivity contribution in [2.45, 2.75) is 66.5 Å². The first-order valence-electron chi connectivity index (χ1n) is 13.0. The average molecular weight is 460 g/mol. The van der Waals surface area contributed by atoms with E-state index in [4.69, 9.17) is 9.97 Å². The largest absolute Gasteiger partial charge is 0.308 e. The molecule has 3 heterocycles. The Morgan fingerprint density at radius 3 is 2.41 bits per heavy atom. The van der Waals surface area contributed by atoms with Gasteiger partial charge in [-0.15, -0.1) is 0 Å². The van der Waals surface area contributed by atoms with Gasteiger partial charge >= 0.3 is 0 Å². The molecule has 0 N–H and O–H groups in total. The van der Waals surface area contributed by atoms with Gasteiger partial charge in [0.2, 0.25) is 0 Å². The van der Waals surface area contributed by atoms with E-state index < -0.39 is 0 Å². The number of unbranched alkanes of at least 4 members (excludes halogenated alkanes) is 1. The van der Waals surface area contributed by atoms with Gasteiger partial charge < -0.3 is 4.57 Å². The summed E-state index contributed by atoms with van der Waals surface area (Å²) in [7, 11) is 0. The maximum atomic E-state index is 4.99. The fourth-order valence-corrected chi connectivity index (χ4v) is 4.86. The van der Waals surface area contributed by atoms with E-state index in [9.17, 15) is 0 Å². The third-order valence-corrected chi connectivity index (χ3v) is 6.99. The molecule has 0 spiro atoms. The Morgan fingerprint density at radius 2 is 1.74 bits per heavy atom. The molecular weight excluding hydrogens is 418 g/mol. The number of piperazine rings is 1. The van der Waals surface area contributed by atoms with Crippen LogP contribution in [0.15, 0.2) is 36.4 Å². The smallest absolute Gasteiger partial charge is 0.160 e. The fraction of sp³-hybridized carbons (Fsp3) is 0.517. The quantitative estimate of drug-likeness (QED) is 0.425. The Kier molecular flexibility index (Phi) is 8.17. The lowest BCUT2D eigenvalue weighted by atomic mass is 10.1. The molecule has 1 aliphatic heterocycles. The number of benzene rings is 1. The number of hydrogen-bond donors (Lipinski definition) is 0. The molecule has 34 heavy (non-hydrogen) atoms. The topological polar surface area (TPSA) is 37.2 Å². The highest BCUT2D eigenvalue weighted by Crippen LogP contribution is 2.22. The van der Waals surface area contributed by atoms with Crippen molar-refractivity contribution in [3.05, 3.63) is 64.6 Å². The molecule has 5 nitrogen and oxygen atoms in total. The molecule has 1 fully saturated rings. The van der Waals surface area contributed by atoms with Crippen molar-refractivity contribution < 1.29 is 0 Å². The summed E-state index contributed by atoms with van der Waals surface area (Å²) >= 11 is 0. The third-order valence-electron chi connectivity index (χ3n) is 6.99. The molecule has 1 aliphatic rings. The van der Waals surface area contributed by atoms with Crippen LogP contribution < -0.4 is 0 Å². The molecule has 0 bridgehead atoms. The molecule has 1 saturated heterocycles. The van der Waals surface area contributed by atoms with Gasteiger partial charge in [0.25, 0.3) is 0 Å². The zero-order chi connectivity index (χ0) is 24.1. The van der Waals surface area contributed by atoms with Crippen LogP contribution in [0.4, 0.5) is 0 Å². The second-order valence-corrected chi connectivity index (χ2v) is 10.0. The summed E-state index contributed by atoms with van der Waals surface area (Å²) in [4.78, 5) is 15.0. The van der Waals surface area contributed by atoms with Crippen molar-refractivity contribution >= 4 is 17.2 Å². The summed E-state index contributed by atoms with van der Waals surface area (Å²) in [6, 6.07) is 11.8. The predicted octanol–water partition coefficient (Wildman–Crippen LogP) is 5.48. The molecule has 0 unspecified atom stereocenters. The lowest BCUT2D eigenvalue weighted by molar-refractivity contribution is 0.117. The predicted molar refractivity (Wildman–Crippen MR) is 143 cm³/mol. The zero-order valence-electron chi connectivity index (χ0n) is 21.7. The van der Waals surface area contributed by atoms with Crippen molar-refractivity contribution in [3.63, 3.8) is 0 Å². The van der Waals surface area contributed by atoms with Crippen LogP contribution in [0.5, 0.6) is 0 Å². The number of rotatable bonds is 9. The lowest BCUT2D eigenvalue weighted by Crippen LogP contribution is -2.48. The summed E-state index contributed by atoms with van der Waals surface area (Å²) in [6.07, 6.45) is 7.88. The van der Waals surface area contributed by atoms with E-state index in [0.717, 1.165) is 61.7 Å². The molecule has 2 aromatic heterocycles. The van der Waals surface area contributed by atoms with Crippen LogP contribution in [-0.2, 0) is 13.0 Å². The molecule has 0 saturated carbocycles. The monoisotopic (exact) mass is 459 g/mol. The standard InChI is InChI=1S/C29H41N5/c1-6-7-10-27-31-28-23(4)20-24(5)30-29(28)34(27)21-26-13-11-25(12-14-26)9-8-15-32-16-18-33(19-17-32)22(2)3/h8-9,11-14,20,22H,6-7,10,15-19,21H2,1-5H3/b9-8+. The van der Waals surface area contributed by atoms with Gasteiger partial charge in [0.15, 0.2) is 5.65 Å². The van der Waals surface area contributed by atoms with Gasteiger partial charge in [0.1, 0.15) is 11.3 Å². The molecule has 0 amide bonds. The number of aryl methyl sites for hydroxylation is 3. The minimum atomic E-state index is 0.656. The maximum absolute atomic E-state index is 4.99.